The molecule has 0 aromatic rings. The van der Waals surface area contributed by atoms with Gasteiger partial charge >= 0.3 is 11.9 Å². The highest BCUT2D eigenvalue weighted by Gasteiger charge is 2.20. The van der Waals surface area contributed by atoms with Crippen LogP contribution in [0.15, 0.2) is 0 Å². The van der Waals surface area contributed by atoms with E-state index in [4.69, 9.17) is 9.47 Å². The van der Waals surface area contributed by atoms with Crippen LogP contribution >= 0.6 is 0 Å². The Hall–Kier alpha value is -1.10. The summed E-state index contributed by atoms with van der Waals surface area (Å²) in [6.45, 7) is 17.1. The number of carbonyl (C=O) groups excluding carboxylic acids is 2. The minimum atomic E-state index is 0.0663. The molecule has 5 nitrogen and oxygen atoms in total. The van der Waals surface area contributed by atoms with Gasteiger partial charge in [0.1, 0.15) is 0 Å². The average molecular weight is 722 g/mol. The smallest absolute Gasteiger partial charge is 0.308 e. The molecular weight excluding hydrogens is 631 g/mol. The second-order valence-electron chi connectivity index (χ2n) is 16.1. The van der Waals surface area contributed by atoms with Gasteiger partial charge in [0.25, 0.3) is 0 Å². The first kappa shape index (κ1) is 49.9. The van der Waals surface area contributed by atoms with Gasteiger partial charge in [0.2, 0.25) is 0 Å². The number of carbonyl (C=O) groups is 2. The van der Waals surface area contributed by atoms with E-state index in [1.807, 2.05) is 0 Å². The van der Waals surface area contributed by atoms with Crippen molar-refractivity contribution in [3.63, 3.8) is 0 Å². The molecule has 2 unspecified atom stereocenters. The number of hydrogen-bond donors (Lipinski definition) is 0. The van der Waals surface area contributed by atoms with Gasteiger partial charge in [0.15, 0.2) is 0 Å². The molecule has 0 N–H and O–H groups in total. The van der Waals surface area contributed by atoms with Gasteiger partial charge in [-0.05, 0) is 78.3 Å². The van der Waals surface area contributed by atoms with E-state index >= 15 is 0 Å². The maximum atomic E-state index is 12.9. The Morgan fingerprint density at radius 1 is 0.392 bits per heavy atom. The topological polar surface area (TPSA) is 55.8 Å². The minimum Gasteiger partial charge on any atom is -0.465 e. The molecule has 0 fully saturated rings. The molecule has 0 heterocycles. The van der Waals surface area contributed by atoms with E-state index in [1.165, 1.54) is 122 Å². The summed E-state index contributed by atoms with van der Waals surface area (Å²) in [5, 5.41) is 0. The summed E-state index contributed by atoms with van der Waals surface area (Å²) in [6, 6.07) is 0.559. The van der Waals surface area contributed by atoms with Crippen LogP contribution in [0.4, 0.5) is 0 Å². The molecule has 0 spiro atoms. The van der Waals surface area contributed by atoms with Gasteiger partial charge in [-0.2, -0.15) is 0 Å². The van der Waals surface area contributed by atoms with E-state index in [-0.39, 0.29) is 23.8 Å². The Kier molecular flexibility index (Phi) is 37.8. The number of rotatable bonds is 40. The fourth-order valence-electron chi connectivity index (χ4n) is 7.31. The second-order valence-corrected chi connectivity index (χ2v) is 16.1. The average Bonchev–Trinajstić information content (AvgIpc) is 3.12. The van der Waals surface area contributed by atoms with Gasteiger partial charge in [-0.15, -0.1) is 0 Å². The highest BCUT2D eigenvalue weighted by Crippen LogP contribution is 2.22. The van der Waals surface area contributed by atoms with E-state index in [1.54, 1.807) is 0 Å². The molecule has 0 aliphatic heterocycles. The zero-order valence-corrected chi connectivity index (χ0v) is 35.6. The SMILES string of the molecule is CCCCCCCCC(CCCCCC)C(=O)OCCCCCCN(CCCCCCOC(=O)C(CCCCCC)CCCCCCC)C(C)C. The lowest BCUT2D eigenvalue weighted by molar-refractivity contribution is -0.150. The van der Waals surface area contributed by atoms with Crippen molar-refractivity contribution in [1.82, 2.24) is 4.90 Å². The van der Waals surface area contributed by atoms with E-state index in [0.29, 0.717) is 19.3 Å². The first-order valence-electron chi connectivity index (χ1n) is 23.0. The molecule has 0 aromatic heterocycles. The van der Waals surface area contributed by atoms with Gasteiger partial charge in [0.05, 0.1) is 25.0 Å². The first-order valence-corrected chi connectivity index (χ1v) is 23.0. The van der Waals surface area contributed by atoms with E-state index in [0.717, 1.165) is 90.1 Å². The Morgan fingerprint density at radius 2 is 0.667 bits per heavy atom. The predicted molar refractivity (Wildman–Crippen MR) is 221 cm³/mol. The number of nitrogens with zero attached hydrogens (tertiary/aromatic N) is 1. The van der Waals surface area contributed by atoms with Gasteiger partial charge in [-0.1, -0.05) is 175 Å². The molecule has 0 aliphatic rings. The second kappa shape index (κ2) is 38.6. The van der Waals surface area contributed by atoms with Crippen LogP contribution in [0, 0.1) is 11.8 Å². The summed E-state index contributed by atoms with van der Waals surface area (Å²) in [7, 11) is 0. The highest BCUT2D eigenvalue weighted by atomic mass is 16.5. The summed E-state index contributed by atoms with van der Waals surface area (Å²) in [5.74, 6) is 0.348. The Morgan fingerprint density at radius 3 is 1.00 bits per heavy atom. The molecule has 51 heavy (non-hydrogen) atoms. The zero-order valence-electron chi connectivity index (χ0n) is 35.6. The Bertz CT molecular complexity index is 741. The molecule has 0 radical (unpaired) electrons. The van der Waals surface area contributed by atoms with Crippen LogP contribution < -0.4 is 0 Å². The number of ether oxygens (including phenoxy) is 2. The zero-order chi connectivity index (χ0) is 37.6. The van der Waals surface area contributed by atoms with Gasteiger partial charge < -0.3 is 14.4 Å². The first-order chi connectivity index (χ1) is 24.9. The third kappa shape index (κ3) is 32.1. The molecule has 5 heteroatoms. The lowest BCUT2D eigenvalue weighted by Gasteiger charge is -2.26. The molecule has 0 saturated heterocycles. The van der Waals surface area contributed by atoms with Gasteiger partial charge in [0, 0.05) is 6.04 Å². The van der Waals surface area contributed by atoms with Crippen LogP contribution in [0.25, 0.3) is 0 Å². The standard InChI is InChI=1S/C46H91NO4/c1-7-11-15-19-21-29-37-44(35-27-18-14-10-4)46(49)51-41-33-25-23-31-39-47(42(5)6)38-30-22-24-32-40-50-45(48)43(34-26-17-13-9-3)36-28-20-16-12-8-2/h42-44H,7-41H2,1-6H3. The van der Waals surface area contributed by atoms with Crippen molar-refractivity contribution >= 4 is 11.9 Å². The van der Waals surface area contributed by atoms with Crippen molar-refractivity contribution in [1.29, 1.82) is 0 Å². The van der Waals surface area contributed by atoms with Crippen molar-refractivity contribution in [3.8, 4) is 0 Å². The number of unbranched alkanes of at least 4 members (excludes halogenated alkanes) is 21. The van der Waals surface area contributed by atoms with E-state index in [9.17, 15) is 9.59 Å². The van der Waals surface area contributed by atoms with Crippen molar-refractivity contribution < 1.29 is 19.1 Å². The lowest BCUT2D eigenvalue weighted by atomic mass is 9.94. The van der Waals surface area contributed by atoms with Gasteiger partial charge in [-0.3, -0.25) is 9.59 Å². The van der Waals surface area contributed by atoms with Crippen LogP contribution in [0.3, 0.4) is 0 Å². The summed E-state index contributed by atoms with van der Waals surface area (Å²) >= 11 is 0. The molecular formula is C46H91NO4. The van der Waals surface area contributed by atoms with Crippen LogP contribution in [0.1, 0.15) is 241 Å². The highest BCUT2D eigenvalue weighted by molar-refractivity contribution is 5.72. The molecule has 0 saturated carbocycles. The molecule has 2 atom stereocenters. The van der Waals surface area contributed by atoms with Crippen LogP contribution in [-0.2, 0) is 19.1 Å². The quantitative estimate of drug-likeness (QED) is 0.0466. The van der Waals surface area contributed by atoms with Crippen LogP contribution in [-0.4, -0.2) is 49.2 Å². The number of hydrogen-bond acceptors (Lipinski definition) is 5. The summed E-state index contributed by atoms with van der Waals surface area (Å²) in [4.78, 5) is 28.4. The molecule has 0 bridgehead atoms. The normalized spacial score (nSPS) is 12.9. The third-order valence-corrected chi connectivity index (χ3v) is 10.9. The van der Waals surface area contributed by atoms with Crippen LogP contribution in [0.5, 0.6) is 0 Å². The molecule has 0 rings (SSSR count). The molecule has 304 valence electrons. The fourth-order valence-corrected chi connectivity index (χ4v) is 7.31. The Labute approximate surface area is 319 Å². The van der Waals surface area contributed by atoms with E-state index < -0.39 is 0 Å². The van der Waals surface area contributed by atoms with Crippen molar-refractivity contribution in [2.75, 3.05) is 26.3 Å². The maximum absolute atomic E-state index is 12.9. The Balaban J connectivity index is 4.20. The molecule has 0 aromatic carbocycles. The number of esters is 2. The maximum Gasteiger partial charge on any atom is 0.308 e. The fraction of sp³-hybridized carbons (Fsp3) is 0.957. The van der Waals surface area contributed by atoms with Crippen molar-refractivity contribution in [2.24, 2.45) is 11.8 Å². The third-order valence-electron chi connectivity index (χ3n) is 10.9. The van der Waals surface area contributed by atoms with Crippen molar-refractivity contribution in [2.45, 2.75) is 247 Å². The summed E-state index contributed by atoms with van der Waals surface area (Å²) < 4.78 is 11.6. The summed E-state index contributed by atoms with van der Waals surface area (Å²) in [5.41, 5.74) is 0. The molecule has 0 amide bonds. The van der Waals surface area contributed by atoms with Crippen molar-refractivity contribution in [3.05, 3.63) is 0 Å². The predicted octanol–water partition coefficient (Wildman–Crippen LogP) is 14.2. The monoisotopic (exact) mass is 722 g/mol. The van der Waals surface area contributed by atoms with Gasteiger partial charge in [-0.25, -0.2) is 0 Å². The lowest BCUT2D eigenvalue weighted by Crippen LogP contribution is -2.32. The largest absolute Gasteiger partial charge is 0.465 e. The molecule has 0 aliphatic carbocycles. The van der Waals surface area contributed by atoms with Crippen LogP contribution in [0.2, 0.25) is 0 Å². The van der Waals surface area contributed by atoms with E-state index in [2.05, 4.69) is 46.4 Å². The minimum absolute atomic E-state index is 0.0663. The summed E-state index contributed by atoms with van der Waals surface area (Å²) in [6.07, 6.45) is 36.8.